The molecule has 152 valence electrons. The van der Waals surface area contributed by atoms with Gasteiger partial charge in [0.05, 0.1) is 12.0 Å². The summed E-state index contributed by atoms with van der Waals surface area (Å²) >= 11 is 0. The van der Waals surface area contributed by atoms with Crippen molar-refractivity contribution in [3.63, 3.8) is 0 Å². The molecule has 0 bridgehead atoms. The Morgan fingerprint density at radius 2 is 1.50 bits per heavy atom. The molecule has 1 heterocycles. The van der Waals surface area contributed by atoms with Gasteiger partial charge in [-0.25, -0.2) is 0 Å². The molecule has 2 amide bonds. The predicted molar refractivity (Wildman–Crippen MR) is 119 cm³/mol. The Bertz CT molecular complexity index is 961. The van der Waals surface area contributed by atoms with E-state index in [9.17, 15) is 9.59 Å². The lowest BCUT2D eigenvalue weighted by molar-refractivity contribution is -0.126. The number of carbonyl (C=O) groups is 2. The number of nitrogens with zero attached hydrogens (tertiary/aromatic N) is 1. The van der Waals surface area contributed by atoms with Gasteiger partial charge in [0.1, 0.15) is 0 Å². The van der Waals surface area contributed by atoms with Gasteiger partial charge in [-0.15, -0.1) is 0 Å². The normalized spacial score (nSPS) is 16.1. The fourth-order valence-electron chi connectivity index (χ4n) is 3.95. The Labute approximate surface area is 177 Å². The van der Waals surface area contributed by atoms with Crippen LogP contribution in [-0.2, 0) is 16.0 Å². The first kappa shape index (κ1) is 19.9. The van der Waals surface area contributed by atoms with E-state index >= 15 is 0 Å². The van der Waals surface area contributed by atoms with Crippen LogP contribution in [0.2, 0.25) is 0 Å². The minimum absolute atomic E-state index is 0.00429. The molecule has 0 radical (unpaired) electrons. The molecule has 0 spiro atoms. The summed E-state index contributed by atoms with van der Waals surface area (Å²) in [6, 6.07) is 27.6. The van der Waals surface area contributed by atoms with Crippen LogP contribution in [0.3, 0.4) is 0 Å². The smallest absolute Gasteiger partial charge is 0.227 e. The first-order chi connectivity index (χ1) is 14.7. The summed E-state index contributed by atoms with van der Waals surface area (Å²) < 4.78 is 0. The van der Waals surface area contributed by atoms with Crippen LogP contribution >= 0.6 is 0 Å². The number of benzene rings is 3. The molecule has 0 aliphatic carbocycles. The van der Waals surface area contributed by atoms with Gasteiger partial charge in [-0.2, -0.15) is 0 Å². The van der Waals surface area contributed by atoms with Gasteiger partial charge < -0.3 is 10.2 Å². The van der Waals surface area contributed by atoms with Crippen molar-refractivity contribution in [1.82, 2.24) is 5.32 Å². The van der Waals surface area contributed by atoms with E-state index < -0.39 is 0 Å². The lowest BCUT2D eigenvalue weighted by Gasteiger charge is -2.22. The van der Waals surface area contributed by atoms with Crippen molar-refractivity contribution in [1.29, 1.82) is 0 Å². The zero-order valence-corrected chi connectivity index (χ0v) is 17.1. The van der Waals surface area contributed by atoms with Crippen LogP contribution in [-0.4, -0.2) is 18.4 Å². The second-order valence-electron chi connectivity index (χ2n) is 7.69. The molecular formula is C26H26N2O2. The fourth-order valence-corrected chi connectivity index (χ4v) is 3.95. The minimum Gasteiger partial charge on any atom is -0.345 e. The third-order valence-corrected chi connectivity index (χ3v) is 5.70. The Kier molecular flexibility index (Phi) is 5.94. The zero-order chi connectivity index (χ0) is 20.9. The molecule has 1 saturated heterocycles. The van der Waals surface area contributed by atoms with Crippen molar-refractivity contribution < 1.29 is 9.59 Å². The molecule has 0 saturated carbocycles. The highest BCUT2D eigenvalue weighted by molar-refractivity contribution is 6.00. The quantitative estimate of drug-likeness (QED) is 0.664. The van der Waals surface area contributed by atoms with Crippen molar-refractivity contribution in [2.24, 2.45) is 5.92 Å². The van der Waals surface area contributed by atoms with E-state index in [0.29, 0.717) is 6.54 Å². The number of nitrogens with one attached hydrogen (secondary N) is 1. The van der Waals surface area contributed by atoms with Crippen molar-refractivity contribution in [2.75, 3.05) is 11.4 Å². The van der Waals surface area contributed by atoms with E-state index in [0.717, 1.165) is 23.2 Å². The molecule has 30 heavy (non-hydrogen) atoms. The van der Waals surface area contributed by atoms with Crippen molar-refractivity contribution in [2.45, 2.75) is 25.8 Å². The standard InChI is InChI=1S/C26H26N2O2/c1-2-19-13-15-23(16-14-19)28-18-22(17-24(28)29)26(30)27-25(20-9-5-3-6-10-20)21-11-7-4-8-12-21/h3-16,22,25H,2,17-18H2,1H3,(H,27,30). The minimum atomic E-state index is -0.363. The molecule has 0 aromatic heterocycles. The SMILES string of the molecule is CCc1ccc(N2CC(C(=O)NC(c3ccccc3)c3ccccc3)CC2=O)cc1. The van der Waals surface area contributed by atoms with Crippen molar-refractivity contribution in [3.8, 4) is 0 Å². The Morgan fingerprint density at radius 3 is 2.03 bits per heavy atom. The average molecular weight is 399 g/mol. The molecule has 1 aliphatic rings. The number of aryl methyl sites for hydroxylation is 1. The maximum absolute atomic E-state index is 13.1. The molecule has 1 unspecified atom stereocenters. The Hall–Kier alpha value is -3.40. The molecule has 4 nitrogen and oxygen atoms in total. The number of hydrogen-bond acceptors (Lipinski definition) is 2. The molecule has 3 aromatic rings. The van der Waals surface area contributed by atoms with E-state index in [4.69, 9.17) is 0 Å². The van der Waals surface area contributed by atoms with E-state index in [1.54, 1.807) is 4.90 Å². The maximum atomic E-state index is 13.1. The number of carbonyl (C=O) groups excluding carboxylic acids is 2. The highest BCUT2D eigenvalue weighted by atomic mass is 16.2. The lowest BCUT2D eigenvalue weighted by atomic mass is 9.97. The summed E-state index contributed by atoms with van der Waals surface area (Å²) in [4.78, 5) is 27.5. The summed E-state index contributed by atoms with van der Waals surface area (Å²) in [5, 5.41) is 3.18. The van der Waals surface area contributed by atoms with Gasteiger partial charge >= 0.3 is 0 Å². The van der Waals surface area contributed by atoms with Gasteiger partial charge in [0.15, 0.2) is 0 Å². The molecule has 1 fully saturated rings. The summed E-state index contributed by atoms with van der Waals surface area (Å²) in [7, 11) is 0. The second-order valence-corrected chi connectivity index (χ2v) is 7.69. The molecule has 4 heteroatoms. The first-order valence-corrected chi connectivity index (χ1v) is 10.4. The molecule has 1 atom stereocenters. The van der Waals surface area contributed by atoms with Gasteiger partial charge in [0.25, 0.3) is 0 Å². The Morgan fingerprint density at radius 1 is 0.933 bits per heavy atom. The molecule has 3 aromatic carbocycles. The third kappa shape index (κ3) is 4.28. The van der Waals surface area contributed by atoms with Crippen LogP contribution in [0.4, 0.5) is 5.69 Å². The van der Waals surface area contributed by atoms with Crippen molar-refractivity contribution in [3.05, 3.63) is 102 Å². The Balaban J connectivity index is 1.51. The average Bonchev–Trinajstić information content (AvgIpc) is 3.20. The fraction of sp³-hybridized carbons (Fsp3) is 0.231. The largest absolute Gasteiger partial charge is 0.345 e. The monoisotopic (exact) mass is 398 g/mol. The van der Waals surface area contributed by atoms with Crippen LogP contribution in [0.1, 0.15) is 36.1 Å². The number of rotatable bonds is 6. The summed E-state index contributed by atoms with van der Waals surface area (Å²) in [6.07, 6.45) is 1.19. The van der Waals surface area contributed by atoms with E-state index in [1.165, 1.54) is 5.56 Å². The van der Waals surface area contributed by atoms with Crippen LogP contribution in [0, 0.1) is 5.92 Å². The molecule has 4 rings (SSSR count). The van der Waals surface area contributed by atoms with E-state index in [1.807, 2.05) is 84.9 Å². The van der Waals surface area contributed by atoms with E-state index in [-0.39, 0.29) is 30.2 Å². The predicted octanol–water partition coefficient (Wildman–Crippen LogP) is 4.51. The molecule has 1 N–H and O–H groups in total. The molecule has 1 aliphatic heterocycles. The first-order valence-electron chi connectivity index (χ1n) is 10.4. The lowest BCUT2D eigenvalue weighted by Crippen LogP contribution is -2.36. The summed E-state index contributed by atoms with van der Waals surface area (Å²) in [6.45, 7) is 2.51. The van der Waals surface area contributed by atoms with Crippen molar-refractivity contribution >= 4 is 17.5 Å². The molecular weight excluding hydrogens is 372 g/mol. The number of amides is 2. The summed E-state index contributed by atoms with van der Waals surface area (Å²) in [5.41, 5.74) is 4.13. The van der Waals surface area contributed by atoms with Crippen LogP contribution in [0.5, 0.6) is 0 Å². The number of anilines is 1. The van der Waals surface area contributed by atoms with Crippen LogP contribution in [0.15, 0.2) is 84.9 Å². The highest BCUT2D eigenvalue weighted by Gasteiger charge is 2.36. The van der Waals surface area contributed by atoms with Crippen LogP contribution in [0.25, 0.3) is 0 Å². The van der Waals surface area contributed by atoms with Crippen LogP contribution < -0.4 is 10.2 Å². The highest BCUT2D eigenvalue weighted by Crippen LogP contribution is 2.28. The van der Waals surface area contributed by atoms with E-state index in [2.05, 4.69) is 12.2 Å². The van der Waals surface area contributed by atoms with Gasteiger partial charge in [-0.05, 0) is 35.2 Å². The third-order valence-electron chi connectivity index (χ3n) is 5.70. The van der Waals surface area contributed by atoms with Gasteiger partial charge in [0.2, 0.25) is 11.8 Å². The number of hydrogen-bond donors (Lipinski definition) is 1. The zero-order valence-electron chi connectivity index (χ0n) is 17.1. The van der Waals surface area contributed by atoms with Gasteiger partial charge in [-0.3, -0.25) is 9.59 Å². The topological polar surface area (TPSA) is 49.4 Å². The second kappa shape index (κ2) is 8.95. The van der Waals surface area contributed by atoms with Gasteiger partial charge in [0, 0.05) is 18.7 Å². The van der Waals surface area contributed by atoms with Gasteiger partial charge in [-0.1, -0.05) is 79.7 Å². The summed E-state index contributed by atoms with van der Waals surface area (Å²) in [5.74, 6) is -0.456. The maximum Gasteiger partial charge on any atom is 0.227 e.